The topological polar surface area (TPSA) is 86.6 Å². The number of alkyl halides is 1. The van der Waals surface area contributed by atoms with Crippen molar-refractivity contribution in [3.8, 4) is 0 Å². The van der Waals surface area contributed by atoms with Crippen LogP contribution in [0.3, 0.4) is 0 Å². The summed E-state index contributed by atoms with van der Waals surface area (Å²) in [6.07, 6.45) is 4.65. The van der Waals surface area contributed by atoms with E-state index in [4.69, 9.17) is 16.3 Å². The molecule has 1 N–H and O–H groups in total. The zero-order valence-corrected chi connectivity index (χ0v) is 21.5. The van der Waals surface area contributed by atoms with Crippen molar-refractivity contribution >= 4 is 23.4 Å². The molecule has 0 aromatic rings. The first-order valence-electron chi connectivity index (χ1n) is 13.3. The van der Waals surface area contributed by atoms with E-state index < -0.39 is 0 Å². The number of carbonyl (C=O) groups is 2. The molecular weight excluding hydrogens is 454 g/mol. The van der Waals surface area contributed by atoms with Crippen molar-refractivity contribution < 1.29 is 14.3 Å². The average molecular weight is 494 g/mol. The average Bonchev–Trinajstić information content (AvgIpc) is 3.52. The third-order valence-electron chi connectivity index (χ3n) is 9.22. The molecular formula is C25H40ClN5O3. The van der Waals surface area contributed by atoms with E-state index in [-0.39, 0.29) is 47.9 Å². The van der Waals surface area contributed by atoms with Gasteiger partial charge in [0.2, 0.25) is 11.8 Å². The fourth-order valence-electron chi connectivity index (χ4n) is 6.97. The molecule has 0 spiro atoms. The number of amides is 2. The maximum atomic E-state index is 13.2. The number of likely N-dealkylation sites (tertiary alicyclic amines) is 2. The molecule has 8 nitrogen and oxygen atoms in total. The summed E-state index contributed by atoms with van der Waals surface area (Å²) in [5.74, 6) is 2.52. The van der Waals surface area contributed by atoms with Crippen LogP contribution in [0.25, 0.3) is 0 Å². The summed E-state index contributed by atoms with van der Waals surface area (Å²) in [7, 11) is 0. The van der Waals surface area contributed by atoms with E-state index in [0.717, 1.165) is 58.3 Å². The first-order chi connectivity index (χ1) is 16.3. The summed E-state index contributed by atoms with van der Waals surface area (Å²) in [4.78, 5) is 30.2. The predicted octanol–water partition coefficient (Wildman–Crippen LogP) is 3.11. The number of nitrogens with one attached hydrogen (secondary N) is 1. The van der Waals surface area contributed by atoms with Crippen LogP contribution in [0.2, 0.25) is 0 Å². The number of ether oxygens (including phenoxy) is 1. The van der Waals surface area contributed by atoms with Gasteiger partial charge in [0.05, 0.1) is 18.2 Å². The molecule has 3 heterocycles. The Hall–Kier alpha value is -1.41. The monoisotopic (exact) mass is 493 g/mol. The second-order valence-corrected chi connectivity index (χ2v) is 12.4. The first-order valence-corrected chi connectivity index (χ1v) is 13.7. The summed E-state index contributed by atoms with van der Waals surface area (Å²) in [6.45, 7) is 9.80. The van der Waals surface area contributed by atoms with Crippen molar-refractivity contribution in [3.63, 3.8) is 0 Å². The zero-order chi connectivity index (χ0) is 24.0. The van der Waals surface area contributed by atoms with Gasteiger partial charge in [-0.15, -0.1) is 11.6 Å². The van der Waals surface area contributed by atoms with Gasteiger partial charge in [0, 0.05) is 49.3 Å². The minimum absolute atomic E-state index is 0.0709. The third kappa shape index (κ3) is 4.81. The molecule has 9 heteroatoms. The van der Waals surface area contributed by atoms with Crippen molar-refractivity contribution in [2.45, 2.75) is 76.4 Å². The summed E-state index contributed by atoms with van der Waals surface area (Å²) in [5, 5.41) is 8.37. The van der Waals surface area contributed by atoms with E-state index in [1.54, 1.807) is 0 Å². The van der Waals surface area contributed by atoms with Gasteiger partial charge in [0.15, 0.2) is 0 Å². The molecule has 0 aromatic carbocycles. The second-order valence-electron chi connectivity index (χ2n) is 11.8. The predicted molar refractivity (Wildman–Crippen MR) is 129 cm³/mol. The Labute approximate surface area is 208 Å². The number of hydrogen-bond donors (Lipinski definition) is 1. The largest absolute Gasteiger partial charge is 0.368 e. The van der Waals surface area contributed by atoms with Crippen LogP contribution < -0.4 is 5.43 Å². The van der Waals surface area contributed by atoms with Crippen LogP contribution in [0.4, 0.5) is 0 Å². The lowest BCUT2D eigenvalue weighted by atomic mass is 9.75. The first kappa shape index (κ1) is 24.3. The van der Waals surface area contributed by atoms with Gasteiger partial charge in [0.25, 0.3) is 0 Å². The number of halogens is 1. The molecule has 2 amide bonds. The normalized spacial score (nSPS) is 41.5. The molecule has 0 bridgehead atoms. The molecule has 5 rings (SSSR count). The lowest BCUT2D eigenvalue weighted by Gasteiger charge is -2.39. The van der Waals surface area contributed by atoms with Crippen molar-refractivity contribution in [1.82, 2.24) is 15.2 Å². The maximum Gasteiger partial charge on any atom is 0.248 e. The molecule has 4 fully saturated rings. The quantitative estimate of drug-likeness (QED) is 0.596. The number of fused-ring (bicyclic) bond motifs is 2. The highest BCUT2D eigenvalue weighted by Crippen LogP contribution is 2.39. The van der Waals surface area contributed by atoms with E-state index in [2.05, 4.69) is 41.4 Å². The maximum absolute atomic E-state index is 13.2. The van der Waals surface area contributed by atoms with E-state index >= 15 is 0 Å². The molecule has 0 radical (unpaired) electrons. The van der Waals surface area contributed by atoms with E-state index in [1.807, 2.05) is 4.90 Å². The highest BCUT2D eigenvalue weighted by atomic mass is 35.5. The SMILES string of the molecule is CC(C)C1CC(Cl)C(C)CC1OCC(=O)N1CC2CN(C(=O)C3CCC4N=NNC4C3)CC2C1. The van der Waals surface area contributed by atoms with Gasteiger partial charge in [-0.25, -0.2) is 0 Å². The number of hydrogen-bond acceptors (Lipinski definition) is 6. The van der Waals surface area contributed by atoms with E-state index in [1.165, 1.54) is 0 Å². The molecule has 0 aromatic heterocycles. The molecule has 5 aliphatic rings. The van der Waals surface area contributed by atoms with Crippen molar-refractivity contribution in [1.29, 1.82) is 0 Å². The summed E-state index contributed by atoms with van der Waals surface area (Å²) >= 11 is 6.53. The smallest absolute Gasteiger partial charge is 0.248 e. The van der Waals surface area contributed by atoms with Crippen LogP contribution in [0.5, 0.6) is 0 Å². The van der Waals surface area contributed by atoms with Crippen LogP contribution in [0.15, 0.2) is 10.3 Å². The van der Waals surface area contributed by atoms with Crippen molar-refractivity contribution in [2.24, 2.45) is 45.8 Å². The summed E-state index contributed by atoms with van der Waals surface area (Å²) in [5.41, 5.74) is 3.07. The molecule has 9 atom stereocenters. The number of nitrogens with zero attached hydrogens (tertiary/aromatic N) is 4. The van der Waals surface area contributed by atoms with Crippen LogP contribution in [-0.2, 0) is 14.3 Å². The van der Waals surface area contributed by atoms with Gasteiger partial charge in [-0.1, -0.05) is 26.0 Å². The van der Waals surface area contributed by atoms with E-state index in [9.17, 15) is 9.59 Å². The highest BCUT2D eigenvalue weighted by Gasteiger charge is 2.46. The van der Waals surface area contributed by atoms with Crippen molar-refractivity contribution in [3.05, 3.63) is 0 Å². The van der Waals surface area contributed by atoms with Gasteiger partial charge in [-0.05, 0) is 49.9 Å². The molecule has 3 aliphatic heterocycles. The summed E-state index contributed by atoms with van der Waals surface area (Å²) < 4.78 is 6.21. The fraction of sp³-hybridized carbons (Fsp3) is 0.920. The van der Waals surface area contributed by atoms with Gasteiger partial charge < -0.3 is 14.5 Å². The van der Waals surface area contributed by atoms with Crippen LogP contribution in [0.1, 0.15) is 52.9 Å². The van der Waals surface area contributed by atoms with Crippen LogP contribution in [0, 0.1) is 35.5 Å². The zero-order valence-electron chi connectivity index (χ0n) is 20.7. The number of carbonyl (C=O) groups excluding carboxylic acids is 2. The number of rotatable bonds is 5. The Morgan fingerprint density at radius 3 is 2.47 bits per heavy atom. The molecule has 9 unspecified atom stereocenters. The minimum atomic E-state index is 0.0709. The van der Waals surface area contributed by atoms with Gasteiger partial charge in [-0.3, -0.25) is 15.0 Å². The van der Waals surface area contributed by atoms with Crippen LogP contribution in [-0.4, -0.2) is 78.0 Å². The van der Waals surface area contributed by atoms with Gasteiger partial charge in [-0.2, -0.15) is 5.11 Å². The second kappa shape index (κ2) is 9.92. The Morgan fingerprint density at radius 1 is 1.06 bits per heavy atom. The van der Waals surface area contributed by atoms with Gasteiger partial charge >= 0.3 is 0 Å². The molecule has 2 aliphatic carbocycles. The van der Waals surface area contributed by atoms with Gasteiger partial charge in [0.1, 0.15) is 6.61 Å². The van der Waals surface area contributed by atoms with Crippen LogP contribution >= 0.6 is 11.6 Å². The Morgan fingerprint density at radius 2 is 1.76 bits per heavy atom. The minimum Gasteiger partial charge on any atom is -0.368 e. The Balaban J connectivity index is 1.08. The highest BCUT2D eigenvalue weighted by molar-refractivity contribution is 6.20. The van der Waals surface area contributed by atoms with E-state index in [0.29, 0.717) is 29.6 Å². The molecule has 190 valence electrons. The lowest BCUT2D eigenvalue weighted by molar-refractivity contribution is -0.141. The Kier molecular flexibility index (Phi) is 7.09. The Bertz CT molecular complexity index is 795. The van der Waals surface area contributed by atoms with Crippen molar-refractivity contribution in [2.75, 3.05) is 32.8 Å². The molecule has 34 heavy (non-hydrogen) atoms. The third-order valence-corrected chi connectivity index (χ3v) is 9.83. The lowest BCUT2D eigenvalue weighted by Crippen LogP contribution is -2.45. The summed E-state index contributed by atoms with van der Waals surface area (Å²) in [6, 6.07) is 0.462. The fourth-order valence-corrected chi connectivity index (χ4v) is 7.28. The molecule has 2 saturated heterocycles. The standard InChI is InChI=1S/C25H40ClN5O3/c1-14(2)19-8-20(26)15(3)6-23(19)34-13-24(32)30-9-17-11-31(12-18(17)10-30)25(33)16-4-5-21-22(7-16)28-29-27-21/h14-23H,4-13H2,1-3H3,(H,27,28). The molecule has 2 saturated carbocycles.